The molecule has 1 aliphatic heterocycles. The molecule has 1 N–H and O–H groups in total. The van der Waals surface area contributed by atoms with Crippen molar-refractivity contribution in [2.24, 2.45) is 0 Å². The second-order valence-corrected chi connectivity index (χ2v) is 6.64. The van der Waals surface area contributed by atoms with Crippen LogP contribution in [0.25, 0.3) is 0 Å². The van der Waals surface area contributed by atoms with Crippen molar-refractivity contribution >= 4 is 0 Å². The van der Waals surface area contributed by atoms with Gasteiger partial charge in [-0.25, -0.2) is 0 Å². The zero-order valence-corrected chi connectivity index (χ0v) is 13.9. The van der Waals surface area contributed by atoms with Gasteiger partial charge in [0, 0.05) is 36.8 Å². The molecule has 21 heavy (non-hydrogen) atoms. The molecular weight excluding hydrogens is 264 g/mol. The van der Waals surface area contributed by atoms with Crippen LogP contribution in [0.2, 0.25) is 0 Å². The minimum Gasteiger partial charge on any atom is -0.386 e. The Morgan fingerprint density at radius 3 is 2.57 bits per heavy atom. The Labute approximate surface area is 127 Å². The highest BCUT2D eigenvalue weighted by molar-refractivity contribution is 5.32. The van der Waals surface area contributed by atoms with Crippen molar-refractivity contribution in [3.8, 4) is 0 Å². The smallest absolute Gasteiger partial charge is 0.257 e. The maximum atomic E-state index is 12.8. The van der Waals surface area contributed by atoms with Gasteiger partial charge in [0.2, 0.25) is 0 Å². The van der Waals surface area contributed by atoms with Crippen molar-refractivity contribution in [2.45, 2.75) is 65.6 Å². The highest BCUT2D eigenvalue weighted by Crippen LogP contribution is 2.26. The van der Waals surface area contributed by atoms with E-state index in [4.69, 9.17) is 0 Å². The minimum absolute atomic E-state index is 0.0273. The Morgan fingerprint density at radius 1 is 1.38 bits per heavy atom. The summed E-state index contributed by atoms with van der Waals surface area (Å²) < 4.78 is 1.93. The van der Waals surface area contributed by atoms with Crippen LogP contribution in [0.5, 0.6) is 0 Å². The van der Waals surface area contributed by atoms with Gasteiger partial charge in [0.1, 0.15) is 0 Å². The summed E-state index contributed by atoms with van der Waals surface area (Å²) in [7, 11) is 0. The van der Waals surface area contributed by atoms with Gasteiger partial charge in [-0.3, -0.25) is 9.69 Å². The van der Waals surface area contributed by atoms with Crippen LogP contribution in [0.15, 0.2) is 10.9 Å². The third-order valence-electron chi connectivity index (χ3n) is 4.63. The fourth-order valence-electron chi connectivity index (χ4n) is 3.09. The summed E-state index contributed by atoms with van der Waals surface area (Å²) in [5.41, 5.74) is 1.74. The summed E-state index contributed by atoms with van der Waals surface area (Å²) in [5, 5.41) is 10.3. The normalized spacial score (nSPS) is 17.6. The standard InChI is InChI=1S/C17H28N2O2/c1-6-12(3)19-15-8-9-18(7-2)11-13(15)10-14(16(19)20)17(4,5)21/h10,12,21H,6-9,11H2,1-5H3. The van der Waals surface area contributed by atoms with Crippen LogP contribution in [0, 0.1) is 0 Å². The van der Waals surface area contributed by atoms with Crippen LogP contribution in [-0.2, 0) is 18.6 Å². The van der Waals surface area contributed by atoms with E-state index in [0.29, 0.717) is 5.56 Å². The highest BCUT2D eigenvalue weighted by Gasteiger charge is 2.28. The molecule has 0 spiro atoms. The molecule has 1 unspecified atom stereocenters. The molecule has 1 atom stereocenters. The summed E-state index contributed by atoms with van der Waals surface area (Å²) >= 11 is 0. The number of aromatic nitrogens is 1. The molecular formula is C17H28N2O2. The third-order valence-corrected chi connectivity index (χ3v) is 4.63. The molecule has 0 radical (unpaired) electrons. The van der Waals surface area contributed by atoms with Gasteiger partial charge in [0.05, 0.1) is 5.60 Å². The Bertz CT molecular complexity index is 569. The first kappa shape index (κ1) is 16.2. The Hall–Kier alpha value is -1.13. The first-order valence-electron chi connectivity index (χ1n) is 8.02. The van der Waals surface area contributed by atoms with Crippen LogP contribution in [-0.4, -0.2) is 27.7 Å². The third kappa shape index (κ3) is 3.06. The SMILES string of the molecule is CCC(C)n1c2c(cc(C(C)(C)O)c1=O)CN(CC)CC2. The van der Waals surface area contributed by atoms with Crippen molar-refractivity contribution in [1.29, 1.82) is 0 Å². The molecule has 1 aromatic heterocycles. The monoisotopic (exact) mass is 292 g/mol. The fourth-order valence-corrected chi connectivity index (χ4v) is 3.09. The average molecular weight is 292 g/mol. The molecule has 0 bridgehead atoms. The Kier molecular flexibility index (Phi) is 4.59. The number of hydrogen-bond donors (Lipinski definition) is 1. The summed E-state index contributed by atoms with van der Waals surface area (Å²) in [5.74, 6) is 0. The number of rotatable bonds is 4. The zero-order valence-electron chi connectivity index (χ0n) is 13.9. The van der Waals surface area contributed by atoms with E-state index in [2.05, 4.69) is 25.7 Å². The average Bonchev–Trinajstić information content (AvgIpc) is 2.44. The van der Waals surface area contributed by atoms with Gasteiger partial charge >= 0.3 is 0 Å². The molecule has 2 rings (SSSR count). The molecule has 0 aliphatic carbocycles. The van der Waals surface area contributed by atoms with Crippen LogP contribution in [0.3, 0.4) is 0 Å². The molecule has 0 saturated heterocycles. The quantitative estimate of drug-likeness (QED) is 0.927. The molecule has 1 aliphatic rings. The molecule has 2 heterocycles. The maximum absolute atomic E-state index is 12.8. The largest absolute Gasteiger partial charge is 0.386 e. The van der Waals surface area contributed by atoms with E-state index in [-0.39, 0.29) is 11.6 Å². The lowest BCUT2D eigenvalue weighted by Gasteiger charge is -2.33. The van der Waals surface area contributed by atoms with E-state index in [9.17, 15) is 9.90 Å². The van der Waals surface area contributed by atoms with Gasteiger partial charge in [0.15, 0.2) is 0 Å². The number of hydrogen-bond acceptors (Lipinski definition) is 3. The lowest BCUT2D eigenvalue weighted by Crippen LogP contribution is -2.40. The number of pyridine rings is 1. The summed E-state index contributed by atoms with van der Waals surface area (Å²) in [6.45, 7) is 12.6. The fraction of sp³-hybridized carbons (Fsp3) is 0.706. The van der Waals surface area contributed by atoms with Crippen LogP contribution >= 0.6 is 0 Å². The van der Waals surface area contributed by atoms with Gasteiger partial charge in [-0.15, -0.1) is 0 Å². The maximum Gasteiger partial charge on any atom is 0.257 e. The van der Waals surface area contributed by atoms with Gasteiger partial charge in [-0.1, -0.05) is 13.8 Å². The molecule has 1 aromatic rings. The minimum atomic E-state index is -1.10. The van der Waals surface area contributed by atoms with Gasteiger partial charge < -0.3 is 9.67 Å². The Balaban J connectivity index is 2.66. The molecule has 4 nitrogen and oxygen atoms in total. The second kappa shape index (κ2) is 5.93. The first-order valence-corrected chi connectivity index (χ1v) is 8.02. The summed E-state index contributed by atoms with van der Waals surface area (Å²) in [4.78, 5) is 15.2. The number of likely N-dealkylation sites (N-methyl/N-ethyl adjacent to an activating group) is 1. The first-order chi connectivity index (χ1) is 9.79. The van der Waals surface area contributed by atoms with Gasteiger partial charge in [0.25, 0.3) is 5.56 Å². The predicted octanol–water partition coefficient (Wildman–Crippen LogP) is 2.42. The van der Waals surface area contributed by atoms with Crippen LogP contribution in [0.1, 0.15) is 63.9 Å². The zero-order chi connectivity index (χ0) is 15.8. The van der Waals surface area contributed by atoms with Crippen LogP contribution < -0.4 is 5.56 Å². The number of fused-ring (bicyclic) bond motifs is 1. The van der Waals surface area contributed by atoms with Gasteiger partial charge in [-0.05, 0) is 45.4 Å². The molecule has 0 aromatic carbocycles. The van der Waals surface area contributed by atoms with E-state index in [1.54, 1.807) is 13.8 Å². The second-order valence-electron chi connectivity index (χ2n) is 6.64. The molecule has 0 saturated carbocycles. The van der Waals surface area contributed by atoms with E-state index >= 15 is 0 Å². The van der Waals surface area contributed by atoms with Crippen molar-refractivity contribution in [3.63, 3.8) is 0 Å². The van der Waals surface area contributed by atoms with E-state index in [1.165, 1.54) is 5.56 Å². The summed E-state index contributed by atoms with van der Waals surface area (Å²) in [6.07, 6.45) is 1.83. The lowest BCUT2D eigenvalue weighted by molar-refractivity contribution is 0.0758. The van der Waals surface area contributed by atoms with E-state index in [1.807, 2.05) is 10.6 Å². The molecule has 0 amide bonds. The number of aliphatic hydroxyl groups is 1. The Morgan fingerprint density at radius 2 is 2.05 bits per heavy atom. The molecule has 0 fully saturated rings. The number of nitrogens with zero attached hydrogens (tertiary/aromatic N) is 2. The van der Waals surface area contributed by atoms with E-state index in [0.717, 1.165) is 38.2 Å². The lowest BCUT2D eigenvalue weighted by atomic mass is 9.94. The topological polar surface area (TPSA) is 45.5 Å². The van der Waals surface area contributed by atoms with Crippen molar-refractivity contribution in [2.75, 3.05) is 13.1 Å². The molecule has 118 valence electrons. The van der Waals surface area contributed by atoms with Crippen molar-refractivity contribution in [1.82, 2.24) is 9.47 Å². The van der Waals surface area contributed by atoms with E-state index < -0.39 is 5.60 Å². The predicted molar refractivity (Wildman–Crippen MR) is 85.6 cm³/mol. The van der Waals surface area contributed by atoms with Gasteiger partial charge in [-0.2, -0.15) is 0 Å². The van der Waals surface area contributed by atoms with Crippen molar-refractivity contribution in [3.05, 3.63) is 33.2 Å². The summed E-state index contributed by atoms with van der Waals surface area (Å²) in [6, 6.07) is 2.10. The molecule has 4 heteroatoms. The van der Waals surface area contributed by atoms with Crippen molar-refractivity contribution < 1.29 is 5.11 Å². The van der Waals surface area contributed by atoms with Crippen LogP contribution in [0.4, 0.5) is 0 Å². The highest BCUT2D eigenvalue weighted by atomic mass is 16.3.